The summed E-state index contributed by atoms with van der Waals surface area (Å²) in [5.74, 6) is -1.63. The molecule has 5 nitrogen and oxygen atoms in total. The van der Waals surface area contributed by atoms with Gasteiger partial charge in [-0.2, -0.15) is 0 Å². The summed E-state index contributed by atoms with van der Waals surface area (Å²) in [6.45, 7) is 5.30. The normalized spacial score (nSPS) is 10.1. The third-order valence-corrected chi connectivity index (χ3v) is 3.71. The van der Waals surface area contributed by atoms with Gasteiger partial charge in [0.05, 0.1) is 0 Å². The highest BCUT2D eigenvalue weighted by Crippen LogP contribution is 2.21. The van der Waals surface area contributed by atoms with E-state index in [-0.39, 0.29) is 5.78 Å². The van der Waals surface area contributed by atoms with Crippen LogP contribution in [0.2, 0.25) is 0 Å². The topological polar surface area (TPSA) is 75.3 Å². The standard InChI is InChI=1S/C19H20N2O3/c1-4-14-8-5-7-12(2)17(14)21-19(24)18(23)20-16-10-6-9-15(11-16)13(3)22/h5-11H,4H2,1-3H3,(H,20,23)(H,21,24). The van der Waals surface area contributed by atoms with Gasteiger partial charge < -0.3 is 10.6 Å². The molecule has 24 heavy (non-hydrogen) atoms. The van der Waals surface area contributed by atoms with Gasteiger partial charge in [-0.05, 0) is 43.5 Å². The van der Waals surface area contributed by atoms with Crippen LogP contribution in [0.25, 0.3) is 0 Å². The maximum Gasteiger partial charge on any atom is 0.314 e. The molecule has 0 aliphatic carbocycles. The van der Waals surface area contributed by atoms with E-state index < -0.39 is 11.8 Å². The van der Waals surface area contributed by atoms with Gasteiger partial charge in [0, 0.05) is 16.9 Å². The number of Topliss-reactive ketones (excluding diaryl/α,β-unsaturated/α-hetero) is 1. The summed E-state index contributed by atoms with van der Waals surface area (Å²) >= 11 is 0. The maximum atomic E-state index is 12.2. The zero-order chi connectivity index (χ0) is 17.7. The lowest BCUT2D eigenvalue weighted by Crippen LogP contribution is -2.29. The fourth-order valence-corrected chi connectivity index (χ4v) is 2.38. The first-order valence-corrected chi connectivity index (χ1v) is 7.74. The van der Waals surface area contributed by atoms with Crippen molar-refractivity contribution in [3.05, 3.63) is 59.2 Å². The Morgan fingerprint density at radius 1 is 0.958 bits per heavy atom. The highest BCUT2D eigenvalue weighted by atomic mass is 16.2. The fourth-order valence-electron chi connectivity index (χ4n) is 2.38. The number of amides is 2. The molecule has 0 aliphatic heterocycles. The van der Waals surface area contributed by atoms with Crippen LogP contribution in [0.15, 0.2) is 42.5 Å². The second-order valence-corrected chi connectivity index (χ2v) is 5.51. The second kappa shape index (κ2) is 7.55. The minimum Gasteiger partial charge on any atom is -0.318 e. The van der Waals surface area contributed by atoms with E-state index in [9.17, 15) is 14.4 Å². The molecule has 0 saturated carbocycles. The van der Waals surface area contributed by atoms with E-state index in [1.807, 2.05) is 32.0 Å². The largest absolute Gasteiger partial charge is 0.318 e. The van der Waals surface area contributed by atoms with Crippen molar-refractivity contribution in [2.24, 2.45) is 0 Å². The van der Waals surface area contributed by atoms with Crippen molar-refractivity contribution in [1.82, 2.24) is 0 Å². The van der Waals surface area contributed by atoms with E-state index >= 15 is 0 Å². The van der Waals surface area contributed by atoms with Crippen LogP contribution >= 0.6 is 0 Å². The van der Waals surface area contributed by atoms with Crippen molar-refractivity contribution in [3.63, 3.8) is 0 Å². The third-order valence-electron chi connectivity index (χ3n) is 3.71. The lowest BCUT2D eigenvalue weighted by atomic mass is 10.1. The first-order valence-electron chi connectivity index (χ1n) is 7.74. The Balaban J connectivity index is 2.12. The average Bonchev–Trinajstić information content (AvgIpc) is 2.56. The van der Waals surface area contributed by atoms with Crippen LogP contribution < -0.4 is 10.6 Å². The number of benzene rings is 2. The molecule has 0 spiro atoms. The van der Waals surface area contributed by atoms with Gasteiger partial charge in [0.2, 0.25) is 0 Å². The minimum atomic E-state index is -0.777. The SMILES string of the molecule is CCc1cccc(C)c1NC(=O)C(=O)Nc1cccc(C(C)=O)c1. The molecule has 2 rings (SSSR count). The van der Waals surface area contributed by atoms with E-state index in [4.69, 9.17) is 0 Å². The average molecular weight is 324 g/mol. The Labute approximate surface area is 141 Å². The smallest absolute Gasteiger partial charge is 0.314 e. The van der Waals surface area contributed by atoms with Gasteiger partial charge in [-0.25, -0.2) is 0 Å². The number of aryl methyl sites for hydroxylation is 2. The lowest BCUT2D eigenvalue weighted by molar-refractivity contribution is -0.133. The van der Waals surface area contributed by atoms with Crippen LogP contribution in [0, 0.1) is 6.92 Å². The molecule has 0 aromatic heterocycles. The van der Waals surface area contributed by atoms with Gasteiger partial charge in [0.1, 0.15) is 0 Å². The van der Waals surface area contributed by atoms with E-state index in [1.165, 1.54) is 6.92 Å². The molecule has 0 bridgehead atoms. The number of nitrogens with one attached hydrogen (secondary N) is 2. The molecule has 0 radical (unpaired) electrons. The van der Waals surface area contributed by atoms with Gasteiger partial charge in [-0.1, -0.05) is 37.3 Å². The quantitative estimate of drug-likeness (QED) is 0.669. The molecule has 2 N–H and O–H groups in total. The van der Waals surface area contributed by atoms with E-state index in [1.54, 1.807) is 24.3 Å². The molecule has 0 aliphatic rings. The number of carbonyl (C=O) groups excluding carboxylic acids is 3. The zero-order valence-corrected chi connectivity index (χ0v) is 14.0. The predicted octanol–water partition coefficient (Wildman–Crippen LogP) is 3.34. The minimum absolute atomic E-state index is 0.108. The summed E-state index contributed by atoms with van der Waals surface area (Å²) in [5, 5.41) is 5.18. The Bertz CT molecular complexity index is 797. The van der Waals surface area contributed by atoms with E-state index in [0.717, 1.165) is 17.5 Å². The van der Waals surface area contributed by atoms with Gasteiger partial charge in [-0.3, -0.25) is 14.4 Å². The maximum absolute atomic E-state index is 12.2. The van der Waals surface area contributed by atoms with Gasteiger partial charge >= 0.3 is 11.8 Å². The number of rotatable bonds is 4. The molecule has 2 aromatic rings. The monoisotopic (exact) mass is 324 g/mol. The number of hydrogen-bond donors (Lipinski definition) is 2. The van der Waals surface area contributed by atoms with Gasteiger partial charge in [0.25, 0.3) is 0 Å². The lowest BCUT2D eigenvalue weighted by Gasteiger charge is -2.13. The van der Waals surface area contributed by atoms with Crippen LogP contribution in [0.3, 0.4) is 0 Å². The Kier molecular flexibility index (Phi) is 5.47. The number of hydrogen-bond acceptors (Lipinski definition) is 3. The summed E-state index contributed by atoms with van der Waals surface area (Å²) in [6, 6.07) is 12.2. The molecule has 2 aromatic carbocycles. The summed E-state index contributed by atoms with van der Waals surface area (Å²) in [7, 11) is 0. The van der Waals surface area contributed by atoms with Crippen LogP contribution in [0.5, 0.6) is 0 Å². The zero-order valence-electron chi connectivity index (χ0n) is 14.0. The van der Waals surface area contributed by atoms with Crippen molar-refractivity contribution in [2.45, 2.75) is 27.2 Å². The number of anilines is 2. The van der Waals surface area contributed by atoms with E-state index in [0.29, 0.717) is 16.9 Å². The van der Waals surface area contributed by atoms with Crippen molar-refractivity contribution < 1.29 is 14.4 Å². The summed E-state index contributed by atoms with van der Waals surface area (Å²) < 4.78 is 0. The number of ketones is 1. The highest BCUT2D eigenvalue weighted by Gasteiger charge is 2.16. The van der Waals surface area contributed by atoms with Crippen molar-refractivity contribution >= 4 is 29.0 Å². The summed E-state index contributed by atoms with van der Waals surface area (Å²) in [6.07, 6.45) is 0.750. The highest BCUT2D eigenvalue weighted by molar-refractivity contribution is 6.43. The van der Waals surface area contributed by atoms with Crippen LogP contribution in [-0.4, -0.2) is 17.6 Å². The summed E-state index contributed by atoms with van der Waals surface area (Å²) in [4.78, 5) is 35.6. The molecule has 124 valence electrons. The van der Waals surface area contributed by atoms with E-state index in [2.05, 4.69) is 10.6 Å². The van der Waals surface area contributed by atoms with Gasteiger partial charge in [0.15, 0.2) is 5.78 Å². The van der Waals surface area contributed by atoms with Crippen LogP contribution in [0.4, 0.5) is 11.4 Å². The molecule has 0 fully saturated rings. The molecular formula is C19H20N2O3. The Hall–Kier alpha value is -2.95. The molecule has 0 atom stereocenters. The predicted molar refractivity (Wildman–Crippen MR) is 94.3 cm³/mol. The number of carbonyl (C=O) groups is 3. The van der Waals surface area contributed by atoms with Crippen molar-refractivity contribution in [1.29, 1.82) is 0 Å². The molecule has 2 amide bonds. The second-order valence-electron chi connectivity index (χ2n) is 5.51. The first-order chi connectivity index (χ1) is 11.4. The molecule has 5 heteroatoms. The van der Waals surface area contributed by atoms with Gasteiger partial charge in [-0.15, -0.1) is 0 Å². The van der Waals surface area contributed by atoms with Crippen LogP contribution in [0.1, 0.15) is 35.3 Å². The van der Waals surface area contributed by atoms with Crippen molar-refractivity contribution in [2.75, 3.05) is 10.6 Å². The first kappa shape index (κ1) is 17.4. The number of para-hydroxylation sites is 1. The van der Waals surface area contributed by atoms with Crippen LogP contribution in [-0.2, 0) is 16.0 Å². The summed E-state index contributed by atoms with van der Waals surface area (Å²) in [5.41, 5.74) is 3.41. The molecular weight excluding hydrogens is 304 g/mol. The Morgan fingerprint density at radius 2 is 1.62 bits per heavy atom. The Morgan fingerprint density at radius 3 is 2.29 bits per heavy atom. The van der Waals surface area contributed by atoms with Crippen molar-refractivity contribution in [3.8, 4) is 0 Å². The fraction of sp³-hybridized carbons (Fsp3) is 0.211. The molecule has 0 saturated heterocycles. The third kappa shape index (κ3) is 4.07. The molecule has 0 heterocycles. The molecule has 0 unspecified atom stereocenters.